The summed E-state index contributed by atoms with van der Waals surface area (Å²) in [7, 11) is 0. The molecule has 3 nitrogen and oxygen atoms in total. The highest BCUT2D eigenvalue weighted by atomic mass is 32.1. The van der Waals surface area contributed by atoms with Crippen molar-refractivity contribution in [2.45, 2.75) is 25.3 Å². The summed E-state index contributed by atoms with van der Waals surface area (Å²) >= 11 is 1.68. The van der Waals surface area contributed by atoms with Crippen molar-refractivity contribution in [3.8, 4) is 0 Å². The Kier molecular flexibility index (Phi) is 3.74. The average molecular weight is 286 g/mol. The molecule has 0 bridgehead atoms. The van der Waals surface area contributed by atoms with Crippen molar-refractivity contribution in [1.82, 2.24) is 5.32 Å². The second-order valence-electron chi connectivity index (χ2n) is 5.10. The van der Waals surface area contributed by atoms with Gasteiger partial charge in [0.05, 0.1) is 12.0 Å². The van der Waals surface area contributed by atoms with E-state index in [0.29, 0.717) is 0 Å². The molecule has 4 heteroatoms. The maximum Gasteiger partial charge on any atom is 0.228 e. The van der Waals surface area contributed by atoms with Gasteiger partial charge in [-0.1, -0.05) is 24.3 Å². The van der Waals surface area contributed by atoms with Gasteiger partial charge in [0, 0.05) is 17.1 Å². The molecule has 1 unspecified atom stereocenters. The zero-order chi connectivity index (χ0) is 13.9. The fraction of sp³-hybridized carbons (Fsp3) is 0.312. The lowest BCUT2D eigenvalue weighted by Crippen LogP contribution is -2.34. The van der Waals surface area contributed by atoms with E-state index < -0.39 is 0 Å². The van der Waals surface area contributed by atoms with Crippen molar-refractivity contribution < 1.29 is 4.79 Å². The summed E-state index contributed by atoms with van der Waals surface area (Å²) in [6, 6.07) is 12.2. The van der Waals surface area contributed by atoms with Gasteiger partial charge < -0.3 is 10.6 Å². The summed E-state index contributed by atoms with van der Waals surface area (Å²) in [6.07, 6.45) is 0.847. The number of rotatable bonds is 3. The average Bonchev–Trinajstić information content (AvgIpc) is 3.01. The van der Waals surface area contributed by atoms with Gasteiger partial charge in [0.15, 0.2) is 0 Å². The maximum atomic E-state index is 12.5. The lowest BCUT2D eigenvalue weighted by molar-refractivity contribution is -0.123. The minimum Gasteiger partial charge on any atom is -0.385 e. The van der Waals surface area contributed by atoms with Crippen molar-refractivity contribution in [2.24, 2.45) is 0 Å². The van der Waals surface area contributed by atoms with Gasteiger partial charge in [-0.25, -0.2) is 0 Å². The number of carbonyl (C=O) groups excluding carboxylic acids is 1. The van der Waals surface area contributed by atoms with Crippen molar-refractivity contribution in [1.29, 1.82) is 0 Å². The van der Waals surface area contributed by atoms with E-state index in [9.17, 15) is 4.79 Å². The van der Waals surface area contributed by atoms with Crippen LogP contribution in [0.25, 0.3) is 0 Å². The zero-order valence-corrected chi connectivity index (χ0v) is 12.2. The van der Waals surface area contributed by atoms with E-state index in [4.69, 9.17) is 0 Å². The lowest BCUT2D eigenvalue weighted by atomic mass is 9.90. The van der Waals surface area contributed by atoms with Gasteiger partial charge in [0.1, 0.15) is 0 Å². The number of anilines is 1. The first-order valence-electron chi connectivity index (χ1n) is 6.92. The first kappa shape index (κ1) is 13.2. The van der Waals surface area contributed by atoms with Gasteiger partial charge in [-0.05, 0) is 36.4 Å². The van der Waals surface area contributed by atoms with Gasteiger partial charge in [-0.3, -0.25) is 4.79 Å². The minimum absolute atomic E-state index is 0.0464. The SMILES string of the molecule is C[C@@H](NC(=O)C1CCNc2ccccc21)c1cccs1. The van der Waals surface area contributed by atoms with E-state index in [1.54, 1.807) is 11.3 Å². The van der Waals surface area contributed by atoms with E-state index in [0.717, 1.165) is 24.2 Å². The third-order valence-electron chi connectivity index (χ3n) is 3.73. The highest BCUT2D eigenvalue weighted by molar-refractivity contribution is 7.10. The number of hydrogen-bond acceptors (Lipinski definition) is 3. The molecule has 0 saturated carbocycles. The molecule has 0 aliphatic carbocycles. The summed E-state index contributed by atoms with van der Waals surface area (Å²) in [5.41, 5.74) is 2.19. The number of hydrogen-bond donors (Lipinski definition) is 2. The Labute approximate surface area is 123 Å². The van der Waals surface area contributed by atoms with Crippen LogP contribution in [0.1, 0.15) is 35.7 Å². The molecule has 1 aliphatic heterocycles. The molecule has 2 aromatic rings. The Bertz CT molecular complexity index is 594. The summed E-state index contributed by atoms with van der Waals surface area (Å²) in [5, 5.41) is 8.53. The fourth-order valence-electron chi connectivity index (χ4n) is 2.66. The smallest absolute Gasteiger partial charge is 0.228 e. The normalized spacial score (nSPS) is 18.8. The van der Waals surface area contributed by atoms with E-state index >= 15 is 0 Å². The van der Waals surface area contributed by atoms with Crippen LogP contribution < -0.4 is 10.6 Å². The summed E-state index contributed by atoms with van der Waals surface area (Å²) < 4.78 is 0. The van der Waals surface area contributed by atoms with Crippen molar-refractivity contribution >= 4 is 22.9 Å². The highest BCUT2D eigenvalue weighted by Crippen LogP contribution is 2.32. The van der Waals surface area contributed by atoms with E-state index in [2.05, 4.69) is 16.7 Å². The van der Waals surface area contributed by atoms with Crippen LogP contribution in [0.15, 0.2) is 41.8 Å². The molecule has 2 N–H and O–H groups in total. The largest absolute Gasteiger partial charge is 0.385 e. The number of benzene rings is 1. The minimum atomic E-state index is -0.0464. The topological polar surface area (TPSA) is 41.1 Å². The number of fused-ring (bicyclic) bond motifs is 1. The molecule has 1 aromatic carbocycles. The number of carbonyl (C=O) groups is 1. The molecule has 0 radical (unpaired) electrons. The van der Waals surface area contributed by atoms with Crippen LogP contribution in [0.4, 0.5) is 5.69 Å². The van der Waals surface area contributed by atoms with Crippen LogP contribution in [0.2, 0.25) is 0 Å². The third kappa shape index (κ3) is 2.56. The quantitative estimate of drug-likeness (QED) is 0.906. The van der Waals surface area contributed by atoms with Gasteiger partial charge >= 0.3 is 0 Å². The van der Waals surface area contributed by atoms with Crippen LogP contribution in [0, 0.1) is 0 Å². The molecule has 20 heavy (non-hydrogen) atoms. The Morgan fingerprint density at radius 1 is 1.35 bits per heavy atom. The predicted molar refractivity (Wildman–Crippen MR) is 83.2 cm³/mol. The number of para-hydroxylation sites is 1. The molecule has 0 fully saturated rings. The Balaban J connectivity index is 1.75. The highest BCUT2D eigenvalue weighted by Gasteiger charge is 2.27. The first-order valence-corrected chi connectivity index (χ1v) is 7.80. The summed E-state index contributed by atoms with van der Waals surface area (Å²) in [4.78, 5) is 13.7. The molecular weight excluding hydrogens is 268 g/mol. The molecule has 0 saturated heterocycles. The van der Waals surface area contributed by atoms with E-state index in [1.807, 2.05) is 42.6 Å². The second kappa shape index (κ2) is 5.67. The molecule has 2 heterocycles. The Morgan fingerprint density at radius 2 is 2.20 bits per heavy atom. The van der Waals surface area contributed by atoms with Crippen LogP contribution in [0.3, 0.4) is 0 Å². The summed E-state index contributed by atoms with van der Waals surface area (Å²) in [5.74, 6) is 0.0784. The van der Waals surface area contributed by atoms with Crippen LogP contribution >= 0.6 is 11.3 Å². The molecule has 2 atom stereocenters. The predicted octanol–water partition coefficient (Wildman–Crippen LogP) is 3.52. The van der Waals surface area contributed by atoms with Gasteiger partial charge in [-0.15, -0.1) is 11.3 Å². The first-order chi connectivity index (χ1) is 9.75. The molecule has 3 rings (SSSR count). The molecule has 0 spiro atoms. The zero-order valence-electron chi connectivity index (χ0n) is 11.4. The fourth-order valence-corrected chi connectivity index (χ4v) is 3.40. The van der Waals surface area contributed by atoms with Gasteiger partial charge in [0.25, 0.3) is 0 Å². The van der Waals surface area contributed by atoms with Gasteiger partial charge in [-0.2, -0.15) is 0 Å². The van der Waals surface area contributed by atoms with Crippen LogP contribution in [-0.2, 0) is 4.79 Å². The summed E-state index contributed by atoms with van der Waals surface area (Å²) in [6.45, 7) is 2.89. The number of amides is 1. The van der Waals surface area contributed by atoms with Crippen LogP contribution in [-0.4, -0.2) is 12.5 Å². The molecule has 1 amide bonds. The third-order valence-corrected chi connectivity index (χ3v) is 4.78. The lowest BCUT2D eigenvalue weighted by Gasteiger charge is -2.27. The van der Waals surface area contributed by atoms with Crippen LogP contribution in [0.5, 0.6) is 0 Å². The van der Waals surface area contributed by atoms with E-state index in [-0.39, 0.29) is 17.9 Å². The van der Waals surface area contributed by atoms with Gasteiger partial charge in [0.2, 0.25) is 5.91 Å². The van der Waals surface area contributed by atoms with Crippen molar-refractivity contribution in [3.05, 3.63) is 52.2 Å². The monoisotopic (exact) mass is 286 g/mol. The second-order valence-corrected chi connectivity index (χ2v) is 6.08. The number of thiophene rings is 1. The standard InChI is InChI=1S/C16H18N2OS/c1-11(15-7-4-10-20-15)18-16(19)13-8-9-17-14-6-3-2-5-12(13)14/h2-7,10-11,13,17H,8-9H2,1H3,(H,18,19)/t11-,13?/m1/s1. The number of nitrogens with one attached hydrogen (secondary N) is 2. The molecule has 1 aromatic heterocycles. The Morgan fingerprint density at radius 3 is 3.00 bits per heavy atom. The Hall–Kier alpha value is -1.81. The molecule has 104 valence electrons. The molecular formula is C16H18N2OS. The van der Waals surface area contributed by atoms with Crippen molar-refractivity contribution in [3.63, 3.8) is 0 Å². The maximum absolute atomic E-state index is 12.5. The van der Waals surface area contributed by atoms with E-state index in [1.165, 1.54) is 4.88 Å². The van der Waals surface area contributed by atoms with Crippen molar-refractivity contribution in [2.75, 3.05) is 11.9 Å². The molecule has 1 aliphatic rings.